The predicted molar refractivity (Wildman–Crippen MR) is 89.3 cm³/mol. The van der Waals surface area contributed by atoms with Crippen LogP contribution in [0.5, 0.6) is 0 Å². The van der Waals surface area contributed by atoms with E-state index in [1.165, 1.54) is 40.8 Å². The molecule has 0 radical (unpaired) electrons. The molecule has 0 unspecified atom stereocenters. The lowest BCUT2D eigenvalue weighted by Gasteiger charge is -2.05. The summed E-state index contributed by atoms with van der Waals surface area (Å²) in [7, 11) is 0. The predicted octanol–water partition coefficient (Wildman–Crippen LogP) is 4.71. The zero-order valence-electron chi connectivity index (χ0n) is 12.4. The highest BCUT2D eigenvalue weighted by Gasteiger charge is 2.12. The van der Waals surface area contributed by atoms with E-state index < -0.39 is 0 Å². The summed E-state index contributed by atoms with van der Waals surface area (Å²) in [6.45, 7) is 2.13. The van der Waals surface area contributed by atoms with Gasteiger partial charge in [0.1, 0.15) is 0 Å². The van der Waals surface area contributed by atoms with Crippen molar-refractivity contribution in [1.29, 1.82) is 0 Å². The normalized spacial score (nSPS) is 13.2. The first-order valence-corrected chi connectivity index (χ1v) is 8.61. The van der Waals surface area contributed by atoms with Crippen LogP contribution in [0.4, 0.5) is 0 Å². The van der Waals surface area contributed by atoms with Gasteiger partial charge in [-0.1, -0.05) is 37.3 Å². The van der Waals surface area contributed by atoms with Crippen LogP contribution in [0.15, 0.2) is 47.4 Å². The number of fused-ring (bicyclic) bond motifs is 1. The van der Waals surface area contributed by atoms with Crippen LogP contribution in [0.25, 0.3) is 0 Å². The number of benzene rings is 2. The molecule has 1 aliphatic rings. The maximum absolute atomic E-state index is 12.2. The van der Waals surface area contributed by atoms with E-state index in [0.29, 0.717) is 5.75 Å². The summed E-state index contributed by atoms with van der Waals surface area (Å²) in [6.07, 6.45) is 4.68. The molecule has 0 heterocycles. The fourth-order valence-electron chi connectivity index (χ4n) is 2.80. The quantitative estimate of drug-likeness (QED) is 0.587. The Labute approximate surface area is 130 Å². The van der Waals surface area contributed by atoms with Crippen LogP contribution in [-0.2, 0) is 19.3 Å². The Morgan fingerprint density at radius 2 is 1.81 bits per heavy atom. The van der Waals surface area contributed by atoms with Gasteiger partial charge in [0.15, 0.2) is 5.78 Å². The number of carbonyl (C=O) groups excluding carboxylic acids is 1. The van der Waals surface area contributed by atoms with Crippen molar-refractivity contribution >= 4 is 17.5 Å². The lowest BCUT2D eigenvalue weighted by molar-refractivity contribution is 0.102. The zero-order chi connectivity index (χ0) is 14.7. The third-order valence-electron chi connectivity index (χ3n) is 4.12. The molecule has 0 saturated heterocycles. The molecule has 2 heteroatoms. The minimum Gasteiger partial charge on any atom is -0.293 e. The van der Waals surface area contributed by atoms with Crippen LogP contribution in [0, 0.1) is 0 Å². The van der Waals surface area contributed by atoms with Gasteiger partial charge in [-0.2, -0.15) is 0 Å². The highest BCUT2D eigenvalue weighted by molar-refractivity contribution is 8.00. The minimum atomic E-state index is 0.211. The molecule has 0 bridgehead atoms. The molecule has 1 aliphatic carbocycles. The van der Waals surface area contributed by atoms with E-state index in [-0.39, 0.29) is 5.78 Å². The van der Waals surface area contributed by atoms with E-state index in [1.54, 1.807) is 11.8 Å². The lowest BCUT2D eigenvalue weighted by atomic mass is 10.1. The maximum atomic E-state index is 12.2. The average molecular weight is 296 g/mol. The van der Waals surface area contributed by atoms with Gasteiger partial charge in [0.2, 0.25) is 0 Å². The van der Waals surface area contributed by atoms with Gasteiger partial charge in [-0.3, -0.25) is 4.79 Å². The number of hydrogen-bond donors (Lipinski definition) is 0. The van der Waals surface area contributed by atoms with Crippen LogP contribution in [-0.4, -0.2) is 11.5 Å². The van der Waals surface area contributed by atoms with Crippen LogP contribution < -0.4 is 0 Å². The van der Waals surface area contributed by atoms with E-state index in [4.69, 9.17) is 0 Å². The number of aryl methyl sites for hydroxylation is 3. The second-order valence-corrected chi connectivity index (χ2v) is 6.60. The molecular formula is C19H20OS. The first-order valence-electron chi connectivity index (χ1n) is 7.63. The third kappa shape index (κ3) is 3.38. The van der Waals surface area contributed by atoms with E-state index in [1.807, 2.05) is 24.3 Å². The summed E-state index contributed by atoms with van der Waals surface area (Å²) in [5.74, 6) is 0.729. The Kier molecular flexibility index (Phi) is 4.45. The number of ketones is 1. The number of rotatable bonds is 5. The molecule has 0 saturated carbocycles. The van der Waals surface area contributed by atoms with Crippen molar-refractivity contribution in [1.82, 2.24) is 0 Å². The molecule has 0 atom stereocenters. The molecule has 0 amide bonds. The first kappa shape index (κ1) is 14.4. The number of hydrogen-bond acceptors (Lipinski definition) is 2. The highest BCUT2D eigenvalue weighted by atomic mass is 32.2. The molecule has 108 valence electrons. The fourth-order valence-corrected chi connectivity index (χ4v) is 3.65. The Hall–Kier alpha value is -1.54. The molecule has 0 N–H and O–H groups in total. The molecule has 0 fully saturated rings. The monoisotopic (exact) mass is 296 g/mol. The van der Waals surface area contributed by atoms with Crippen LogP contribution in [0.3, 0.4) is 0 Å². The first-order chi connectivity index (χ1) is 10.3. The molecular weight excluding hydrogens is 276 g/mol. The highest BCUT2D eigenvalue weighted by Crippen LogP contribution is 2.28. The van der Waals surface area contributed by atoms with Gasteiger partial charge in [-0.15, -0.1) is 11.8 Å². The molecule has 1 nitrogen and oxygen atoms in total. The summed E-state index contributed by atoms with van der Waals surface area (Å²) in [4.78, 5) is 13.4. The Balaban J connectivity index is 1.62. The zero-order valence-corrected chi connectivity index (χ0v) is 13.2. The van der Waals surface area contributed by atoms with Gasteiger partial charge in [0.05, 0.1) is 5.75 Å². The second-order valence-electron chi connectivity index (χ2n) is 5.55. The summed E-state index contributed by atoms with van der Waals surface area (Å²) in [6, 6.07) is 14.6. The SMILES string of the molecule is CCc1ccc(C(=O)CSc2ccc3c(c2)CCC3)cc1. The lowest BCUT2D eigenvalue weighted by Crippen LogP contribution is -2.02. The Bertz CT molecular complexity index is 643. The van der Waals surface area contributed by atoms with Crippen LogP contribution in [0.1, 0.15) is 40.4 Å². The van der Waals surface area contributed by atoms with Gasteiger partial charge in [-0.25, -0.2) is 0 Å². The second kappa shape index (κ2) is 6.48. The molecule has 3 rings (SSSR count). The molecule has 0 aromatic heterocycles. The van der Waals surface area contributed by atoms with Gasteiger partial charge >= 0.3 is 0 Å². The van der Waals surface area contributed by atoms with Crippen molar-refractivity contribution in [3.8, 4) is 0 Å². The average Bonchev–Trinajstić information content (AvgIpc) is 3.00. The molecule has 2 aromatic rings. The number of thioether (sulfide) groups is 1. The molecule has 0 spiro atoms. The standard InChI is InChI=1S/C19H20OS/c1-2-14-6-8-16(9-7-14)19(20)13-21-18-11-10-15-4-3-5-17(15)12-18/h6-12H,2-5,13H2,1H3. The Morgan fingerprint density at radius 3 is 2.57 bits per heavy atom. The van der Waals surface area contributed by atoms with Crippen molar-refractivity contribution in [2.45, 2.75) is 37.5 Å². The maximum Gasteiger partial charge on any atom is 0.173 e. The summed E-state index contributed by atoms with van der Waals surface area (Å²) in [5.41, 5.74) is 5.05. The van der Waals surface area contributed by atoms with Gasteiger partial charge in [-0.05, 0) is 54.5 Å². The molecule has 21 heavy (non-hydrogen) atoms. The van der Waals surface area contributed by atoms with Crippen molar-refractivity contribution < 1.29 is 4.79 Å². The molecule has 2 aromatic carbocycles. The van der Waals surface area contributed by atoms with Crippen molar-refractivity contribution in [3.05, 3.63) is 64.7 Å². The van der Waals surface area contributed by atoms with Crippen LogP contribution in [0.2, 0.25) is 0 Å². The number of carbonyl (C=O) groups is 1. The van der Waals surface area contributed by atoms with E-state index in [9.17, 15) is 4.79 Å². The summed E-state index contributed by atoms with van der Waals surface area (Å²) < 4.78 is 0. The minimum absolute atomic E-state index is 0.211. The topological polar surface area (TPSA) is 17.1 Å². The van der Waals surface area contributed by atoms with E-state index in [2.05, 4.69) is 25.1 Å². The van der Waals surface area contributed by atoms with E-state index in [0.717, 1.165) is 12.0 Å². The molecule has 0 aliphatic heterocycles. The van der Waals surface area contributed by atoms with Gasteiger partial charge < -0.3 is 0 Å². The fraction of sp³-hybridized carbons (Fsp3) is 0.316. The summed E-state index contributed by atoms with van der Waals surface area (Å²) in [5, 5.41) is 0. The van der Waals surface area contributed by atoms with Gasteiger partial charge in [0, 0.05) is 10.5 Å². The van der Waals surface area contributed by atoms with Crippen molar-refractivity contribution in [3.63, 3.8) is 0 Å². The van der Waals surface area contributed by atoms with Crippen molar-refractivity contribution in [2.24, 2.45) is 0 Å². The summed E-state index contributed by atoms with van der Waals surface area (Å²) >= 11 is 1.65. The van der Waals surface area contributed by atoms with Crippen molar-refractivity contribution in [2.75, 3.05) is 5.75 Å². The van der Waals surface area contributed by atoms with Gasteiger partial charge in [0.25, 0.3) is 0 Å². The smallest absolute Gasteiger partial charge is 0.173 e. The van der Waals surface area contributed by atoms with Crippen LogP contribution >= 0.6 is 11.8 Å². The third-order valence-corrected chi connectivity index (χ3v) is 5.12. The van der Waals surface area contributed by atoms with E-state index >= 15 is 0 Å². The largest absolute Gasteiger partial charge is 0.293 e. The Morgan fingerprint density at radius 1 is 1.05 bits per heavy atom. The number of Topliss-reactive ketones (excluding diaryl/α,β-unsaturated/α-hetero) is 1.